The van der Waals surface area contributed by atoms with E-state index in [1.807, 2.05) is 26.0 Å². The van der Waals surface area contributed by atoms with Crippen LogP contribution in [0.3, 0.4) is 0 Å². The Morgan fingerprint density at radius 1 is 1.22 bits per heavy atom. The Bertz CT molecular complexity index is 512. The number of aryl methyl sites for hydroxylation is 2. The third-order valence-electron chi connectivity index (χ3n) is 2.72. The van der Waals surface area contributed by atoms with Gasteiger partial charge >= 0.3 is 0 Å². The van der Waals surface area contributed by atoms with Crippen LogP contribution in [0.4, 0.5) is 11.4 Å². The maximum atomic E-state index is 11.4. The first-order chi connectivity index (χ1) is 8.35. The molecule has 0 unspecified atom stereocenters. The summed E-state index contributed by atoms with van der Waals surface area (Å²) in [6.45, 7) is 6.49. The SMILES string of the molecule is CCNS(=O)(=O)CCNc1cc(C)c(C)cc1N. The van der Waals surface area contributed by atoms with Crippen LogP contribution in [-0.4, -0.2) is 27.3 Å². The van der Waals surface area contributed by atoms with Crippen molar-refractivity contribution in [2.75, 3.05) is 29.9 Å². The molecular weight excluding hydrogens is 250 g/mol. The lowest BCUT2D eigenvalue weighted by Gasteiger charge is -2.12. The van der Waals surface area contributed by atoms with E-state index in [0.717, 1.165) is 16.8 Å². The van der Waals surface area contributed by atoms with Gasteiger partial charge in [0, 0.05) is 13.1 Å². The highest BCUT2D eigenvalue weighted by Gasteiger charge is 2.08. The van der Waals surface area contributed by atoms with Crippen LogP contribution in [0.2, 0.25) is 0 Å². The van der Waals surface area contributed by atoms with Gasteiger partial charge in [0.1, 0.15) is 0 Å². The van der Waals surface area contributed by atoms with Gasteiger partial charge in [0.05, 0.1) is 17.1 Å². The molecule has 102 valence electrons. The standard InChI is InChI=1S/C12H21N3O2S/c1-4-15-18(16,17)6-5-14-12-8-10(3)9(2)7-11(12)13/h7-8,14-15H,4-6,13H2,1-3H3. The van der Waals surface area contributed by atoms with Crippen molar-refractivity contribution in [2.24, 2.45) is 0 Å². The third-order valence-corrected chi connectivity index (χ3v) is 4.19. The monoisotopic (exact) mass is 271 g/mol. The first-order valence-corrected chi connectivity index (χ1v) is 7.59. The van der Waals surface area contributed by atoms with Crippen molar-refractivity contribution in [3.63, 3.8) is 0 Å². The number of nitrogen functional groups attached to an aromatic ring is 1. The van der Waals surface area contributed by atoms with Gasteiger partial charge in [0.2, 0.25) is 10.0 Å². The molecule has 0 amide bonds. The second-order valence-electron chi connectivity index (χ2n) is 4.27. The lowest BCUT2D eigenvalue weighted by molar-refractivity contribution is 0.584. The Labute approximate surface area is 109 Å². The van der Waals surface area contributed by atoms with Gasteiger partial charge in [-0.1, -0.05) is 6.92 Å². The number of hydrogen-bond donors (Lipinski definition) is 3. The minimum Gasteiger partial charge on any atom is -0.397 e. The third kappa shape index (κ3) is 4.19. The van der Waals surface area contributed by atoms with Crippen LogP contribution in [0.15, 0.2) is 12.1 Å². The molecule has 4 N–H and O–H groups in total. The molecule has 18 heavy (non-hydrogen) atoms. The fraction of sp³-hybridized carbons (Fsp3) is 0.500. The first kappa shape index (κ1) is 14.8. The lowest BCUT2D eigenvalue weighted by atomic mass is 10.1. The normalized spacial score (nSPS) is 11.5. The highest BCUT2D eigenvalue weighted by Crippen LogP contribution is 2.22. The van der Waals surface area contributed by atoms with E-state index in [2.05, 4.69) is 10.0 Å². The Morgan fingerprint density at radius 3 is 2.44 bits per heavy atom. The molecule has 0 aromatic heterocycles. The van der Waals surface area contributed by atoms with E-state index < -0.39 is 10.0 Å². The van der Waals surface area contributed by atoms with Gasteiger partial charge in [-0.05, 0) is 37.1 Å². The van der Waals surface area contributed by atoms with Crippen molar-refractivity contribution in [3.8, 4) is 0 Å². The summed E-state index contributed by atoms with van der Waals surface area (Å²) in [5.41, 5.74) is 9.54. The summed E-state index contributed by atoms with van der Waals surface area (Å²) >= 11 is 0. The van der Waals surface area contributed by atoms with Crippen molar-refractivity contribution in [2.45, 2.75) is 20.8 Å². The molecule has 0 radical (unpaired) electrons. The fourth-order valence-corrected chi connectivity index (χ4v) is 2.56. The van der Waals surface area contributed by atoms with Crippen molar-refractivity contribution in [3.05, 3.63) is 23.3 Å². The summed E-state index contributed by atoms with van der Waals surface area (Å²) in [6.07, 6.45) is 0. The Morgan fingerprint density at radius 2 is 1.83 bits per heavy atom. The van der Waals surface area contributed by atoms with Gasteiger partial charge in [-0.2, -0.15) is 0 Å². The maximum absolute atomic E-state index is 11.4. The minimum atomic E-state index is -3.19. The molecule has 0 heterocycles. The smallest absolute Gasteiger partial charge is 0.213 e. The highest BCUT2D eigenvalue weighted by atomic mass is 32.2. The van der Waals surface area contributed by atoms with Gasteiger partial charge in [-0.25, -0.2) is 13.1 Å². The van der Waals surface area contributed by atoms with E-state index in [1.165, 1.54) is 0 Å². The molecule has 0 spiro atoms. The van der Waals surface area contributed by atoms with Crippen LogP contribution in [0.1, 0.15) is 18.1 Å². The summed E-state index contributed by atoms with van der Waals surface area (Å²) in [7, 11) is -3.19. The molecule has 0 saturated carbocycles. The van der Waals surface area contributed by atoms with Crippen molar-refractivity contribution < 1.29 is 8.42 Å². The number of sulfonamides is 1. The maximum Gasteiger partial charge on any atom is 0.213 e. The molecule has 0 saturated heterocycles. The molecule has 0 fully saturated rings. The molecule has 0 aliphatic rings. The molecule has 0 bridgehead atoms. The van der Waals surface area contributed by atoms with Crippen molar-refractivity contribution in [1.82, 2.24) is 4.72 Å². The van der Waals surface area contributed by atoms with E-state index in [-0.39, 0.29) is 5.75 Å². The number of benzene rings is 1. The molecule has 0 aliphatic heterocycles. The zero-order valence-corrected chi connectivity index (χ0v) is 11.9. The van der Waals surface area contributed by atoms with Crippen LogP contribution in [0.5, 0.6) is 0 Å². The van der Waals surface area contributed by atoms with Gasteiger partial charge in [-0.15, -0.1) is 0 Å². The Balaban J connectivity index is 2.62. The fourth-order valence-electron chi connectivity index (χ4n) is 1.60. The quantitative estimate of drug-likeness (QED) is 0.680. The average Bonchev–Trinajstić information content (AvgIpc) is 2.25. The van der Waals surface area contributed by atoms with Crippen molar-refractivity contribution >= 4 is 21.4 Å². The number of rotatable bonds is 6. The van der Waals surface area contributed by atoms with Crippen LogP contribution < -0.4 is 15.8 Å². The van der Waals surface area contributed by atoms with E-state index in [0.29, 0.717) is 18.8 Å². The van der Waals surface area contributed by atoms with Gasteiger partial charge in [0.15, 0.2) is 0 Å². The number of anilines is 2. The summed E-state index contributed by atoms with van der Waals surface area (Å²) in [5.74, 6) is 0.0349. The first-order valence-electron chi connectivity index (χ1n) is 5.93. The summed E-state index contributed by atoms with van der Waals surface area (Å²) in [5, 5.41) is 3.05. The van der Waals surface area contributed by atoms with Crippen LogP contribution >= 0.6 is 0 Å². The van der Waals surface area contributed by atoms with E-state index in [4.69, 9.17) is 5.73 Å². The van der Waals surface area contributed by atoms with E-state index >= 15 is 0 Å². The molecule has 1 rings (SSSR count). The zero-order chi connectivity index (χ0) is 13.8. The molecule has 1 aromatic carbocycles. The molecule has 1 aromatic rings. The predicted octanol–water partition coefficient (Wildman–Crippen LogP) is 1.24. The molecule has 0 atom stereocenters. The van der Waals surface area contributed by atoms with Crippen molar-refractivity contribution in [1.29, 1.82) is 0 Å². The predicted molar refractivity (Wildman–Crippen MR) is 76.3 cm³/mol. The number of nitrogens with one attached hydrogen (secondary N) is 2. The summed E-state index contributed by atoms with van der Waals surface area (Å²) in [6, 6.07) is 3.82. The minimum absolute atomic E-state index is 0.0349. The lowest BCUT2D eigenvalue weighted by Crippen LogP contribution is -2.29. The number of hydrogen-bond acceptors (Lipinski definition) is 4. The largest absolute Gasteiger partial charge is 0.397 e. The second kappa shape index (κ2) is 6.06. The molecule has 5 nitrogen and oxygen atoms in total. The van der Waals surface area contributed by atoms with Crippen LogP contribution in [-0.2, 0) is 10.0 Å². The van der Waals surface area contributed by atoms with E-state index in [9.17, 15) is 8.42 Å². The zero-order valence-electron chi connectivity index (χ0n) is 11.1. The Hall–Kier alpha value is -1.27. The van der Waals surface area contributed by atoms with Crippen LogP contribution in [0.25, 0.3) is 0 Å². The molecule has 0 aliphatic carbocycles. The summed E-state index contributed by atoms with van der Waals surface area (Å²) < 4.78 is 25.3. The molecular formula is C12H21N3O2S. The highest BCUT2D eigenvalue weighted by molar-refractivity contribution is 7.89. The van der Waals surface area contributed by atoms with E-state index in [1.54, 1.807) is 6.92 Å². The Kier molecular flexibility index (Phi) is 4.98. The van der Waals surface area contributed by atoms with Gasteiger partial charge < -0.3 is 11.1 Å². The molecule has 6 heteroatoms. The second-order valence-corrected chi connectivity index (χ2v) is 6.19. The summed E-state index contributed by atoms with van der Waals surface area (Å²) in [4.78, 5) is 0. The topological polar surface area (TPSA) is 84.2 Å². The average molecular weight is 271 g/mol. The number of nitrogens with two attached hydrogens (primary N) is 1. The van der Waals surface area contributed by atoms with Gasteiger partial charge in [0.25, 0.3) is 0 Å². The van der Waals surface area contributed by atoms with Crippen LogP contribution in [0, 0.1) is 13.8 Å². The van der Waals surface area contributed by atoms with Gasteiger partial charge in [-0.3, -0.25) is 0 Å².